The van der Waals surface area contributed by atoms with Crippen molar-refractivity contribution in [2.75, 3.05) is 0 Å². The number of aromatic hydroxyl groups is 2. The van der Waals surface area contributed by atoms with Crippen molar-refractivity contribution >= 4 is 0 Å². The van der Waals surface area contributed by atoms with Crippen LogP contribution < -0.4 is 4.74 Å². The zero-order chi connectivity index (χ0) is 18.1. The second kappa shape index (κ2) is 6.71. The molecule has 0 bridgehead atoms. The van der Waals surface area contributed by atoms with Crippen molar-refractivity contribution in [2.45, 2.75) is 45.8 Å². The summed E-state index contributed by atoms with van der Waals surface area (Å²) in [6.07, 6.45) is -0.866. The van der Waals surface area contributed by atoms with Crippen molar-refractivity contribution < 1.29 is 25.2 Å². The number of aryl methyl sites for hydroxylation is 2. The lowest BCUT2D eigenvalue weighted by atomic mass is 9.92. The Hall–Kier alpha value is -2.24. The van der Waals surface area contributed by atoms with Crippen LogP contribution in [0.2, 0.25) is 0 Å². The highest BCUT2D eigenvalue weighted by molar-refractivity contribution is 5.48. The van der Waals surface area contributed by atoms with Crippen LogP contribution >= 0.6 is 0 Å². The van der Waals surface area contributed by atoms with E-state index in [4.69, 9.17) is 4.74 Å². The first kappa shape index (κ1) is 18.1. The SMILES string of the molecule is Cc1cc(O)cc(Oc2cc(C)c(CC(O)C(C)(C)O)c(O)c2)c1. The summed E-state index contributed by atoms with van der Waals surface area (Å²) in [7, 11) is 0. The average Bonchev–Trinajstić information content (AvgIpc) is 2.40. The first-order chi connectivity index (χ1) is 11.1. The van der Waals surface area contributed by atoms with Crippen LogP contribution in [-0.2, 0) is 6.42 Å². The fraction of sp³-hybridized carbons (Fsp3) is 0.368. The molecule has 0 radical (unpaired) electrons. The van der Waals surface area contributed by atoms with Gasteiger partial charge in [0.15, 0.2) is 0 Å². The van der Waals surface area contributed by atoms with Crippen LogP contribution in [0.3, 0.4) is 0 Å². The van der Waals surface area contributed by atoms with Crippen molar-refractivity contribution in [3.8, 4) is 23.0 Å². The van der Waals surface area contributed by atoms with Crippen LogP contribution in [0.4, 0.5) is 0 Å². The Balaban J connectivity index is 2.26. The number of aliphatic hydroxyl groups excluding tert-OH is 1. The highest BCUT2D eigenvalue weighted by Gasteiger charge is 2.26. The zero-order valence-corrected chi connectivity index (χ0v) is 14.4. The van der Waals surface area contributed by atoms with Crippen molar-refractivity contribution in [1.29, 1.82) is 0 Å². The second-order valence-corrected chi connectivity index (χ2v) is 6.72. The largest absolute Gasteiger partial charge is 0.508 e. The van der Waals surface area contributed by atoms with Gasteiger partial charge in [0.1, 0.15) is 23.0 Å². The summed E-state index contributed by atoms with van der Waals surface area (Å²) in [6, 6.07) is 8.09. The lowest BCUT2D eigenvalue weighted by molar-refractivity contribution is -0.0471. The minimum Gasteiger partial charge on any atom is -0.508 e. The van der Waals surface area contributed by atoms with Crippen LogP contribution in [-0.4, -0.2) is 32.1 Å². The molecule has 4 N–H and O–H groups in total. The van der Waals surface area contributed by atoms with Crippen molar-refractivity contribution in [3.63, 3.8) is 0 Å². The van der Waals surface area contributed by atoms with Gasteiger partial charge in [0.2, 0.25) is 0 Å². The minimum absolute atomic E-state index is 0.00910. The van der Waals surface area contributed by atoms with Gasteiger partial charge in [0, 0.05) is 18.6 Å². The first-order valence-corrected chi connectivity index (χ1v) is 7.77. The molecule has 0 saturated heterocycles. The van der Waals surface area contributed by atoms with E-state index in [9.17, 15) is 20.4 Å². The van der Waals surface area contributed by atoms with Crippen LogP contribution in [0.15, 0.2) is 30.3 Å². The van der Waals surface area contributed by atoms with Crippen molar-refractivity contribution in [2.24, 2.45) is 0 Å². The van der Waals surface area contributed by atoms with Crippen LogP contribution in [0.25, 0.3) is 0 Å². The molecule has 0 spiro atoms. The number of aliphatic hydroxyl groups is 2. The topological polar surface area (TPSA) is 90.2 Å². The van der Waals surface area contributed by atoms with Crippen LogP contribution in [0.1, 0.15) is 30.5 Å². The lowest BCUT2D eigenvalue weighted by Crippen LogP contribution is -2.37. The highest BCUT2D eigenvalue weighted by atomic mass is 16.5. The van der Waals surface area contributed by atoms with Gasteiger partial charge in [-0.2, -0.15) is 0 Å². The van der Waals surface area contributed by atoms with E-state index in [-0.39, 0.29) is 17.9 Å². The number of ether oxygens (including phenoxy) is 1. The molecule has 24 heavy (non-hydrogen) atoms. The Morgan fingerprint density at radius 1 is 1.00 bits per heavy atom. The molecule has 130 valence electrons. The zero-order valence-electron chi connectivity index (χ0n) is 14.4. The molecule has 2 rings (SSSR count). The summed E-state index contributed by atoms with van der Waals surface area (Å²) in [5.74, 6) is 0.994. The molecule has 1 atom stereocenters. The molecule has 1 unspecified atom stereocenters. The maximum Gasteiger partial charge on any atom is 0.131 e. The Bertz CT molecular complexity index is 688. The van der Waals surface area contributed by atoms with Gasteiger partial charge >= 0.3 is 0 Å². The monoisotopic (exact) mass is 332 g/mol. The normalized spacial score (nSPS) is 12.9. The summed E-state index contributed by atoms with van der Waals surface area (Å²) < 4.78 is 5.70. The van der Waals surface area contributed by atoms with E-state index in [0.29, 0.717) is 17.1 Å². The number of hydrogen-bond acceptors (Lipinski definition) is 5. The summed E-state index contributed by atoms with van der Waals surface area (Å²) in [6.45, 7) is 6.68. The van der Waals surface area contributed by atoms with Gasteiger partial charge in [-0.25, -0.2) is 0 Å². The molecular formula is C19H24O5. The fourth-order valence-corrected chi connectivity index (χ4v) is 2.46. The van der Waals surface area contributed by atoms with E-state index in [0.717, 1.165) is 11.1 Å². The second-order valence-electron chi connectivity index (χ2n) is 6.72. The van der Waals surface area contributed by atoms with Crippen LogP contribution in [0, 0.1) is 13.8 Å². The highest BCUT2D eigenvalue weighted by Crippen LogP contribution is 2.33. The molecule has 0 fully saturated rings. The predicted molar refractivity (Wildman–Crippen MR) is 91.8 cm³/mol. The van der Waals surface area contributed by atoms with E-state index < -0.39 is 11.7 Å². The van der Waals surface area contributed by atoms with Gasteiger partial charge in [0.25, 0.3) is 0 Å². The van der Waals surface area contributed by atoms with Gasteiger partial charge < -0.3 is 25.2 Å². The maximum absolute atomic E-state index is 10.3. The first-order valence-electron chi connectivity index (χ1n) is 7.77. The van der Waals surface area contributed by atoms with Gasteiger partial charge in [-0.3, -0.25) is 0 Å². The molecular weight excluding hydrogens is 308 g/mol. The Morgan fingerprint density at radius 3 is 2.17 bits per heavy atom. The number of phenolic OH excluding ortho intramolecular Hbond substituents is 2. The third kappa shape index (κ3) is 4.40. The average molecular weight is 332 g/mol. The molecule has 0 amide bonds. The van der Waals surface area contributed by atoms with Gasteiger partial charge in [-0.05, 0) is 62.6 Å². The minimum atomic E-state index is -1.26. The standard InChI is InChI=1S/C19H24O5/c1-11-5-13(20)8-14(6-11)24-15-7-12(2)16(17(21)9-15)10-18(22)19(3,4)23/h5-9,18,20-23H,10H2,1-4H3. The van der Waals surface area contributed by atoms with E-state index in [2.05, 4.69) is 0 Å². The summed E-state index contributed by atoms with van der Waals surface area (Å²) >= 11 is 0. The van der Waals surface area contributed by atoms with Crippen LogP contribution in [0.5, 0.6) is 23.0 Å². The maximum atomic E-state index is 10.3. The molecule has 0 aliphatic heterocycles. The summed E-state index contributed by atoms with van der Waals surface area (Å²) in [5, 5.41) is 39.8. The fourth-order valence-electron chi connectivity index (χ4n) is 2.46. The predicted octanol–water partition coefficient (Wildman–Crippen LogP) is 3.18. The molecule has 5 heteroatoms. The molecule has 0 aromatic heterocycles. The number of hydrogen-bond donors (Lipinski definition) is 4. The third-order valence-corrected chi connectivity index (χ3v) is 3.91. The van der Waals surface area contributed by atoms with E-state index in [1.165, 1.54) is 26.0 Å². The molecule has 0 aliphatic rings. The molecule has 0 heterocycles. The smallest absolute Gasteiger partial charge is 0.131 e. The number of rotatable bonds is 5. The molecule has 5 nitrogen and oxygen atoms in total. The molecule has 2 aromatic rings. The lowest BCUT2D eigenvalue weighted by Gasteiger charge is -2.25. The van der Waals surface area contributed by atoms with Crippen molar-refractivity contribution in [3.05, 3.63) is 47.0 Å². The van der Waals surface area contributed by atoms with E-state index in [1.54, 1.807) is 25.1 Å². The quantitative estimate of drug-likeness (QED) is 0.675. The van der Waals surface area contributed by atoms with Crippen molar-refractivity contribution in [1.82, 2.24) is 0 Å². The number of phenols is 2. The Morgan fingerprint density at radius 2 is 1.62 bits per heavy atom. The Kier molecular flexibility index (Phi) is 5.06. The Labute approximate surface area is 141 Å². The summed E-state index contributed by atoms with van der Waals surface area (Å²) in [5.41, 5.74) is 0.901. The van der Waals surface area contributed by atoms with Gasteiger partial charge in [0.05, 0.1) is 11.7 Å². The molecule has 0 aliphatic carbocycles. The van der Waals surface area contributed by atoms with Gasteiger partial charge in [-0.15, -0.1) is 0 Å². The summed E-state index contributed by atoms with van der Waals surface area (Å²) in [4.78, 5) is 0. The molecule has 2 aromatic carbocycles. The van der Waals surface area contributed by atoms with E-state index in [1.807, 2.05) is 6.92 Å². The number of benzene rings is 2. The van der Waals surface area contributed by atoms with Gasteiger partial charge in [-0.1, -0.05) is 0 Å². The van der Waals surface area contributed by atoms with E-state index >= 15 is 0 Å². The molecule has 0 saturated carbocycles. The third-order valence-electron chi connectivity index (χ3n) is 3.91.